The molecule has 8 nitrogen and oxygen atoms in total. The molecule has 5 rings (SSSR count). The van der Waals surface area contributed by atoms with Crippen LogP contribution in [-0.4, -0.2) is 30.9 Å². The smallest absolute Gasteiger partial charge is 0.337 e. The van der Waals surface area contributed by atoms with Gasteiger partial charge in [0.1, 0.15) is 12.4 Å². The molecule has 0 saturated heterocycles. The van der Waals surface area contributed by atoms with Gasteiger partial charge in [0.25, 0.3) is 5.56 Å². The van der Waals surface area contributed by atoms with E-state index < -0.39 is 12.0 Å². The van der Waals surface area contributed by atoms with Crippen LogP contribution in [-0.2, 0) is 16.1 Å². The maximum Gasteiger partial charge on any atom is 0.337 e. The van der Waals surface area contributed by atoms with E-state index in [1.54, 1.807) is 42.5 Å². The Morgan fingerprint density at radius 2 is 1.80 bits per heavy atom. The SMILES string of the molecule is CCOc1ccc([C@H]2C(C(=O)OC)=CN=c3s/c(=C/c4cc(Cl)cc(Br)c4OCc4ccccc4Cl)c(=O)n32)cc1OCC. The number of benzene rings is 3. The molecular formula is C32H27BrCl2N2O6S. The van der Waals surface area contributed by atoms with Gasteiger partial charge >= 0.3 is 5.97 Å². The molecule has 1 aliphatic rings. The van der Waals surface area contributed by atoms with Crippen molar-refractivity contribution in [3.8, 4) is 17.2 Å². The zero-order valence-corrected chi connectivity index (χ0v) is 27.8. The minimum Gasteiger partial charge on any atom is -0.490 e. The highest BCUT2D eigenvalue weighted by Crippen LogP contribution is 2.36. The molecular weight excluding hydrogens is 691 g/mol. The van der Waals surface area contributed by atoms with Crippen LogP contribution >= 0.6 is 50.5 Å². The highest BCUT2D eigenvalue weighted by Gasteiger charge is 2.31. The lowest BCUT2D eigenvalue weighted by molar-refractivity contribution is -0.136. The largest absolute Gasteiger partial charge is 0.490 e. The summed E-state index contributed by atoms with van der Waals surface area (Å²) in [5, 5.41) is 1.03. The molecule has 0 fully saturated rings. The Kier molecular flexibility index (Phi) is 10.2. The molecule has 0 radical (unpaired) electrons. The van der Waals surface area contributed by atoms with Gasteiger partial charge in [-0.1, -0.05) is 58.8 Å². The highest BCUT2D eigenvalue weighted by atomic mass is 79.9. The van der Waals surface area contributed by atoms with Crippen molar-refractivity contribution >= 4 is 62.5 Å². The number of carbonyl (C=O) groups excluding carboxylic acids is 1. The van der Waals surface area contributed by atoms with Gasteiger partial charge in [-0.3, -0.25) is 9.36 Å². The number of halogens is 3. The van der Waals surface area contributed by atoms with Crippen LogP contribution in [0.2, 0.25) is 10.0 Å². The Morgan fingerprint density at radius 3 is 2.52 bits per heavy atom. The lowest BCUT2D eigenvalue weighted by atomic mass is 9.97. The Bertz CT molecular complexity index is 1940. The fourth-order valence-corrected chi connectivity index (χ4v) is 6.83. The first-order valence-corrected chi connectivity index (χ1v) is 16.0. The van der Waals surface area contributed by atoms with Crippen LogP contribution < -0.4 is 29.1 Å². The van der Waals surface area contributed by atoms with E-state index in [-0.39, 0.29) is 17.7 Å². The van der Waals surface area contributed by atoms with E-state index >= 15 is 0 Å². The van der Waals surface area contributed by atoms with E-state index in [1.165, 1.54) is 29.2 Å². The average Bonchev–Trinajstić information content (AvgIpc) is 3.32. The Hall–Kier alpha value is -3.57. The molecule has 12 heteroatoms. The molecule has 0 saturated carbocycles. The molecule has 1 atom stereocenters. The number of hydrogen-bond donors (Lipinski definition) is 0. The fraction of sp³-hybridized carbons (Fsp3) is 0.219. The molecule has 0 aliphatic carbocycles. The molecule has 3 aromatic carbocycles. The maximum atomic E-state index is 14.1. The van der Waals surface area contributed by atoms with Crippen molar-refractivity contribution in [2.75, 3.05) is 20.3 Å². The summed E-state index contributed by atoms with van der Waals surface area (Å²) in [6, 6.07) is 15.3. The fourth-order valence-electron chi connectivity index (χ4n) is 4.73. The van der Waals surface area contributed by atoms with Crippen molar-refractivity contribution in [1.82, 2.24) is 4.57 Å². The molecule has 0 bridgehead atoms. The van der Waals surface area contributed by atoms with Gasteiger partial charge in [0, 0.05) is 27.4 Å². The molecule has 4 aromatic rings. The molecule has 0 N–H and O–H groups in total. The summed E-state index contributed by atoms with van der Waals surface area (Å²) in [5.41, 5.74) is 1.86. The van der Waals surface area contributed by atoms with Crippen molar-refractivity contribution in [2.24, 2.45) is 4.99 Å². The number of aromatic nitrogens is 1. The minimum absolute atomic E-state index is 0.199. The number of thiazole rings is 1. The van der Waals surface area contributed by atoms with Crippen LogP contribution in [0.15, 0.2) is 80.6 Å². The van der Waals surface area contributed by atoms with Crippen molar-refractivity contribution in [3.63, 3.8) is 0 Å². The van der Waals surface area contributed by atoms with Gasteiger partial charge in [0.2, 0.25) is 0 Å². The van der Waals surface area contributed by atoms with Crippen molar-refractivity contribution in [2.45, 2.75) is 26.5 Å². The van der Waals surface area contributed by atoms with E-state index in [4.69, 9.17) is 42.1 Å². The number of carbonyl (C=O) groups is 1. The number of rotatable bonds is 10. The summed E-state index contributed by atoms with van der Waals surface area (Å²) < 4.78 is 25.2. The number of methoxy groups -OCH3 is 1. The molecule has 0 spiro atoms. The topological polar surface area (TPSA) is 88.4 Å². The normalized spacial score (nSPS) is 14.4. The van der Waals surface area contributed by atoms with Crippen LogP contribution in [0.4, 0.5) is 0 Å². The van der Waals surface area contributed by atoms with Crippen molar-refractivity contribution in [3.05, 3.63) is 117 Å². The second kappa shape index (κ2) is 14.0. The number of nitrogens with zero attached hydrogens (tertiary/aromatic N) is 2. The number of esters is 1. The summed E-state index contributed by atoms with van der Waals surface area (Å²) in [6.07, 6.45) is 3.14. The summed E-state index contributed by atoms with van der Waals surface area (Å²) in [6.45, 7) is 4.80. The molecule has 1 aliphatic heterocycles. The van der Waals surface area contributed by atoms with Gasteiger partial charge in [-0.15, -0.1) is 0 Å². The van der Waals surface area contributed by atoms with Crippen molar-refractivity contribution in [1.29, 1.82) is 0 Å². The molecule has 0 amide bonds. The van der Waals surface area contributed by atoms with E-state index in [2.05, 4.69) is 20.9 Å². The third kappa shape index (κ3) is 6.58. The number of hydrogen-bond acceptors (Lipinski definition) is 8. The van der Waals surface area contributed by atoms with Gasteiger partial charge in [0.15, 0.2) is 16.3 Å². The van der Waals surface area contributed by atoms with Gasteiger partial charge in [-0.2, -0.15) is 0 Å². The first-order valence-electron chi connectivity index (χ1n) is 13.6. The maximum absolute atomic E-state index is 14.1. The predicted octanol–water partition coefficient (Wildman–Crippen LogP) is 6.46. The van der Waals surface area contributed by atoms with E-state index in [0.29, 0.717) is 65.4 Å². The van der Waals surface area contributed by atoms with Crippen LogP contribution in [0.1, 0.15) is 36.6 Å². The zero-order chi connectivity index (χ0) is 31.4. The van der Waals surface area contributed by atoms with Crippen LogP contribution in [0.5, 0.6) is 17.2 Å². The van der Waals surface area contributed by atoms with Gasteiger partial charge < -0.3 is 18.9 Å². The quantitative estimate of drug-likeness (QED) is 0.175. The van der Waals surface area contributed by atoms with Gasteiger partial charge in [0.05, 0.1) is 40.9 Å². The predicted molar refractivity (Wildman–Crippen MR) is 175 cm³/mol. The van der Waals surface area contributed by atoms with Crippen LogP contribution in [0, 0.1) is 0 Å². The molecule has 44 heavy (non-hydrogen) atoms. The zero-order valence-electron chi connectivity index (χ0n) is 23.9. The molecule has 2 heterocycles. The summed E-state index contributed by atoms with van der Waals surface area (Å²) in [5.74, 6) is 0.943. The highest BCUT2D eigenvalue weighted by molar-refractivity contribution is 9.10. The van der Waals surface area contributed by atoms with Crippen LogP contribution in [0.25, 0.3) is 6.08 Å². The standard InChI is InChI=1S/C32H27BrCl2N2O6S/c1-4-41-25-11-10-18(13-26(25)42-5-2)28-22(31(39)40-3)16-36-32-37(28)30(38)27(44-32)14-20-12-21(34)15-23(33)29(20)43-17-19-8-6-7-9-24(19)35/h6-16,28H,4-5,17H2,1-3H3/b27-14+/t28-/m0/s1. The lowest BCUT2D eigenvalue weighted by Gasteiger charge is -2.23. The van der Waals surface area contributed by atoms with Crippen molar-refractivity contribution < 1.29 is 23.7 Å². The number of fused-ring (bicyclic) bond motifs is 1. The molecule has 1 aromatic heterocycles. The van der Waals surface area contributed by atoms with E-state index in [1.807, 2.05) is 32.0 Å². The Balaban J connectivity index is 1.63. The summed E-state index contributed by atoms with van der Waals surface area (Å²) >= 11 is 17.5. The second-order valence-electron chi connectivity index (χ2n) is 9.43. The number of ether oxygens (including phenoxy) is 4. The minimum atomic E-state index is -0.822. The van der Waals surface area contributed by atoms with Crippen LogP contribution in [0.3, 0.4) is 0 Å². The second-order valence-corrected chi connectivity index (χ2v) is 12.1. The van der Waals surface area contributed by atoms with E-state index in [9.17, 15) is 9.59 Å². The molecule has 228 valence electrons. The molecule has 0 unspecified atom stereocenters. The van der Waals surface area contributed by atoms with E-state index in [0.717, 1.165) is 5.56 Å². The first kappa shape index (κ1) is 31.8. The van der Waals surface area contributed by atoms with Gasteiger partial charge in [-0.05, 0) is 71.7 Å². The Morgan fingerprint density at radius 1 is 1.05 bits per heavy atom. The first-order chi connectivity index (χ1) is 21.2. The summed E-state index contributed by atoms with van der Waals surface area (Å²) in [4.78, 5) is 31.9. The van der Waals surface area contributed by atoms with Gasteiger partial charge in [-0.25, -0.2) is 9.79 Å². The summed E-state index contributed by atoms with van der Waals surface area (Å²) in [7, 11) is 1.29. The Labute approximate surface area is 275 Å². The monoisotopic (exact) mass is 716 g/mol. The lowest BCUT2D eigenvalue weighted by Crippen LogP contribution is -2.39. The average molecular weight is 718 g/mol. The third-order valence-electron chi connectivity index (χ3n) is 6.66. The third-order valence-corrected chi connectivity index (χ3v) is 8.83.